The van der Waals surface area contributed by atoms with Crippen molar-refractivity contribution in [2.45, 2.75) is 0 Å². The first-order valence-corrected chi connectivity index (χ1v) is 2.33. The van der Waals surface area contributed by atoms with E-state index >= 15 is 0 Å². The summed E-state index contributed by atoms with van der Waals surface area (Å²) in [6.07, 6.45) is 0. The number of hydrogen-bond acceptors (Lipinski definition) is 1. The predicted molar refractivity (Wildman–Crippen MR) is 36.6 cm³/mol. The van der Waals surface area contributed by atoms with Crippen molar-refractivity contribution in [3.63, 3.8) is 0 Å². The zero-order valence-corrected chi connectivity index (χ0v) is 5.55. The normalized spacial score (nSPS) is 11.1. The smallest absolute Gasteiger partial charge is 0.219 e. The average molecular weight is 113 g/mol. The van der Waals surface area contributed by atoms with Crippen LogP contribution in [-0.2, 0) is 0 Å². The van der Waals surface area contributed by atoms with Gasteiger partial charge in [0.05, 0.1) is 0 Å². The van der Waals surface area contributed by atoms with Gasteiger partial charge in [-0.3, -0.25) is 4.99 Å². The standard InChI is InChI=1S/C5H11N3/c1-6-5(7-2)8(3)4/h1H2,2-4H3. The lowest BCUT2D eigenvalue weighted by atomic mass is 10.8. The van der Waals surface area contributed by atoms with Gasteiger partial charge >= 0.3 is 0 Å². The maximum absolute atomic E-state index is 3.82. The predicted octanol–water partition coefficient (Wildman–Crippen LogP) is 0.234. The van der Waals surface area contributed by atoms with E-state index in [1.807, 2.05) is 14.1 Å². The molecule has 0 aromatic heterocycles. The first kappa shape index (κ1) is 7.14. The van der Waals surface area contributed by atoms with Gasteiger partial charge < -0.3 is 4.90 Å². The van der Waals surface area contributed by atoms with Crippen LogP contribution in [0, 0.1) is 0 Å². The summed E-state index contributed by atoms with van der Waals surface area (Å²) < 4.78 is 0. The van der Waals surface area contributed by atoms with Crippen molar-refractivity contribution in [2.24, 2.45) is 9.98 Å². The molecule has 0 N–H and O–H groups in total. The van der Waals surface area contributed by atoms with Crippen LogP contribution in [0.15, 0.2) is 9.98 Å². The molecule has 0 saturated heterocycles. The molecule has 0 aromatic carbocycles. The second-order valence-corrected chi connectivity index (χ2v) is 1.58. The van der Waals surface area contributed by atoms with Crippen molar-refractivity contribution < 1.29 is 0 Å². The summed E-state index contributed by atoms with van der Waals surface area (Å²) in [4.78, 5) is 9.25. The number of guanidine groups is 1. The van der Waals surface area contributed by atoms with Gasteiger partial charge in [0.25, 0.3) is 0 Å². The topological polar surface area (TPSA) is 28.0 Å². The van der Waals surface area contributed by atoms with Gasteiger partial charge in [-0.05, 0) is 6.72 Å². The minimum atomic E-state index is 0.657. The molecule has 8 heavy (non-hydrogen) atoms. The van der Waals surface area contributed by atoms with Crippen molar-refractivity contribution in [3.8, 4) is 0 Å². The highest BCUT2D eigenvalue weighted by Crippen LogP contribution is 1.80. The van der Waals surface area contributed by atoms with E-state index in [1.54, 1.807) is 11.9 Å². The summed E-state index contributed by atoms with van der Waals surface area (Å²) in [5.74, 6) is 0.657. The SMILES string of the molecule is C=NC(=NC)N(C)C. The quantitative estimate of drug-likeness (QED) is 0.326. The Morgan fingerprint density at radius 3 is 2.00 bits per heavy atom. The molecule has 0 heterocycles. The molecule has 46 valence electrons. The summed E-state index contributed by atoms with van der Waals surface area (Å²) in [5, 5.41) is 0. The molecular weight excluding hydrogens is 102 g/mol. The number of aliphatic imine (C=N–C) groups is 2. The maximum atomic E-state index is 3.82. The van der Waals surface area contributed by atoms with Crippen LogP contribution < -0.4 is 0 Å². The summed E-state index contributed by atoms with van der Waals surface area (Å²) in [7, 11) is 5.43. The molecular formula is C5H11N3. The molecule has 0 aliphatic rings. The molecule has 0 rings (SSSR count). The third kappa shape index (κ3) is 1.73. The molecule has 0 radical (unpaired) electrons. The van der Waals surface area contributed by atoms with E-state index < -0.39 is 0 Å². The van der Waals surface area contributed by atoms with Crippen LogP contribution in [0.25, 0.3) is 0 Å². The maximum Gasteiger partial charge on any atom is 0.219 e. The zero-order valence-electron chi connectivity index (χ0n) is 5.55. The van der Waals surface area contributed by atoms with Gasteiger partial charge in [-0.1, -0.05) is 0 Å². The first-order valence-electron chi connectivity index (χ1n) is 2.33. The Kier molecular flexibility index (Phi) is 2.84. The zero-order chi connectivity index (χ0) is 6.57. The third-order valence-corrected chi connectivity index (χ3v) is 0.741. The van der Waals surface area contributed by atoms with Crippen molar-refractivity contribution in [2.75, 3.05) is 21.1 Å². The second kappa shape index (κ2) is 3.18. The Balaban J connectivity index is 3.91. The van der Waals surface area contributed by atoms with Gasteiger partial charge in [0.1, 0.15) is 0 Å². The largest absolute Gasteiger partial charge is 0.347 e. The molecule has 0 bridgehead atoms. The summed E-state index contributed by atoms with van der Waals surface area (Å²) in [6.45, 7) is 3.33. The molecule has 0 aromatic rings. The number of rotatable bonds is 0. The van der Waals surface area contributed by atoms with E-state index in [1.165, 1.54) is 0 Å². The van der Waals surface area contributed by atoms with E-state index in [4.69, 9.17) is 0 Å². The summed E-state index contributed by atoms with van der Waals surface area (Å²) in [6, 6.07) is 0. The van der Waals surface area contributed by atoms with Crippen molar-refractivity contribution in [1.29, 1.82) is 0 Å². The fraction of sp³-hybridized carbons (Fsp3) is 0.600. The minimum absolute atomic E-state index is 0.657. The number of nitrogens with zero attached hydrogens (tertiary/aromatic N) is 3. The fourth-order valence-electron chi connectivity index (χ4n) is 0.412. The molecule has 0 atom stereocenters. The fourth-order valence-corrected chi connectivity index (χ4v) is 0.412. The Morgan fingerprint density at radius 1 is 1.50 bits per heavy atom. The third-order valence-electron chi connectivity index (χ3n) is 0.741. The van der Waals surface area contributed by atoms with Crippen LogP contribution in [0.1, 0.15) is 0 Å². The van der Waals surface area contributed by atoms with Crippen LogP contribution >= 0.6 is 0 Å². The summed E-state index contributed by atoms with van der Waals surface area (Å²) in [5.41, 5.74) is 0. The lowest BCUT2D eigenvalue weighted by molar-refractivity contribution is 0.614. The van der Waals surface area contributed by atoms with Gasteiger partial charge in [-0.25, -0.2) is 4.99 Å². The van der Waals surface area contributed by atoms with Crippen LogP contribution in [-0.4, -0.2) is 38.7 Å². The van der Waals surface area contributed by atoms with Crippen molar-refractivity contribution in [3.05, 3.63) is 0 Å². The number of hydrogen-bond donors (Lipinski definition) is 0. The monoisotopic (exact) mass is 113 g/mol. The van der Waals surface area contributed by atoms with Gasteiger partial charge in [-0.15, -0.1) is 0 Å². The van der Waals surface area contributed by atoms with E-state index in [9.17, 15) is 0 Å². The molecule has 0 saturated carbocycles. The Bertz CT molecular complexity index is 104. The average Bonchev–Trinajstić information content (AvgIpc) is 1.69. The molecule has 0 aliphatic heterocycles. The van der Waals surface area contributed by atoms with E-state index in [0.717, 1.165) is 0 Å². The summed E-state index contributed by atoms with van der Waals surface area (Å²) >= 11 is 0. The molecule has 3 nitrogen and oxygen atoms in total. The van der Waals surface area contributed by atoms with Gasteiger partial charge in [0.15, 0.2) is 0 Å². The van der Waals surface area contributed by atoms with E-state index in [-0.39, 0.29) is 0 Å². The lowest BCUT2D eigenvalue weighted by Gasteiger charge is -2.07. The Hall–Kier alpha value is -0.860. The lowest BCUT2D eigenvalue weighted by Crippen LogP contribution is -2.18. The van der Waals surface area contributed by atoms with E-state index in [2.05, 4.69) is 16.7 Å². The minimum Gasteiger partial charge on any atom is -0.347 e. The molecule has 0 amide bonds. The molecule has 0 spiro atoms. The second-order valence-electron chi connectivity index (χ2n) is 1.58. The van der Waals surface area contributed by atoms with Crippen LogP contribution in [0.4, 0.5) is 0 Å². The molecule has 0 fully saturated rings. The first-order chi connectivity index (χ1) is 3.72. The molecule has 3 heteroatoms. The highest BCUT2D eigenvalue weighted by Gasteiger charge is 1.90. The van der Waals surface area contributed by atoms with Crippen LogP contribution in [0.3, 0.4) is 0 Å². The van der Waals surface area contributed by atoms with Crippen LogP contribution in [0.5, 0.6) is 0 Å². The van der Waals surface area contributed by atoms with Crippen LogP contribution in [0.2, 0.25) is 0 Å². The highest BCUT2D eigenvalue weighted by atomic mass is 15.2. The van der Waals surface area contributed by atoms with E-state index in [0.29, 0.717) is 5.96 Å². The Labute approximate surface area is 49.7 Å². The van der Waals surface area contributed by atoms with Gasteiger partial charge in [0, 0.05) is 21.1 Å². The Morgan fingerprint density at radius 2 is 2.00 bits per heavy atom. The van der Waals surface area contributed by atoms with Gasteiger partial charge in [-0.2, -0.15) is 0 Å². The van der Waals surface area contributed by atoms with Crippen molar-refractivity contribution in [1.82, 2.24) is 4.90 Å². The van der Waals surface area contributed by atoms with Crippen molar-refractivity contribution >= 4 is 12.7 Å². The molecule has 0 unspecified atom stereocenters. The molecule has 0 aliphatic carbocycles. The highest BCUT2D eigenvalue weighted by molar-refractivity contribution is 5.83. The van der Waals surface area contributed by atoms with Gasteiger partial charge in [0.2, 0.25) is 5.96 Å².